The molecule has 0 bridgehead atoms. The maximum atomic E-state index is 15.2. The van der Waals surface area contributed by atoms with Crippen LogP contribution in [0.3, 0.4) is 0 Å². The number of esters is 1. The van der Waals surface area contributed by atoms with Gasteiger partial charge in [0.05, 0.1) is 52.6 Å². The monoisotopic (exact) mass is 1030 g/mol. The minimum absolute atomic E-state index is 0.0569. The van der Waals surface area contributed by atoms with Crippen LogP contribution in [0, 0.1) is 29.5 Å². The second-order valence-electron chi connectivity index (χ2n) is 22.1. The number of likely N-dealkylation sites (tertiary alicyclic amines) is 1. The first-order valence-electron chi connectivity index (χ1n) is 26.2. The highest BCUT2D eigenvalue weighted by Gasteiger charge is 2.61. The summed E-state index contributed by atoms with van der Waals surface area (Å²) in [4.78, 5) is 48.4. The van der Waals surface area contributed by atoms with Crippen LogP contribution in [0.1, 0.15) is 126 Å². The van der Waals surface area contributed by atoms with Crippen molar-refractivity contribution in [3.63, 3.8) is 0 Å². The van der Waals surface area contributed by atoms with Crippen molar-refractivity contribution in [3.8, 4) is 0 Å². The van der Waals surface area contributed by atoms with Crippen molar-refractivity contribution in [3.05, 3.63) is 59.9 Å². The second-order valence-corrected chi connectivity index (χ2v) is 22.5. The first kappa shape index (κ1) is 58.2. The molecule has 0 spiro atoms. The van der Waals surface area contributed by atoms with E-state index in [9.17, 15) is 19.4 Å². The van der Waals surface area contributed by atoms with Gasteiger partial charge in [-0.15, -0.1) is 13.2 Å². The molecule has 5 aliphatic rings. The summed E-state index contributed by atoms with van der Waals surface area (Å²) in [5, 5.41) is 23.7. The fourth-order valence-corrected chi connectivity index (χ4v) is 13.2. The molecule has 2 N–H and O–H groups in total. The van der Waals surface area contributed by atoms with E-state index in [2.05, 4.69) is 18.1 Å². The largest absolute Gasteiger partial charge is 0.458 e. The third-order valence-corrected chi connectivity index (χ3v) is 17.3. The lowest BCUT2D eigenvalue weighted by Crippen LogP contribution is -2.63. The first-order valence-corrected chi connectivity index (χ1v) is 26.5. The van der Waals surface area contributed by atoms with Gasteiger partial charge < -0.3 is 48.1 Å². The number of methoxy groups -OCH3 is 2. The molecule has 6 rings (SSSR count). The number of carbonyl (C=O) groups is 3. The van der Waals surface area contributed by atoms with Crippen molar-refractivity contribution >= 4 is 29.4 Å². The average molecular weight is 1040 g/mol. The molecule has 1 aromatic rings. The van der Waals surface area contributed by atoms with Crippen molar-refractivity contribution < 1.29 is 66.9 Å². The average Bonchev–Trinajstić information content (AvgIpc) is 3.85. The zero-order chi connectivity index (χ0) is 53.2. The molecular formula is C55H84ClFN2O13. The van der Waals surface area contributed by atoms with Gasteiger partial charge in [-0.05, 0) is 111 Å². The zero-order valence-corrected chi connectivity index (χ0v) is 45.5. The molecule has 0 radical (unpaired) electrons. The standard InChI is InChI=1S/C55H84ClFN2O13/c1-15-18-37-21-22-38(19-16-2)59(37)41-26-31(5)67-51(45(41)61)71-49-33(7)46(70-43-29-53(10,65-13)48(62)35(9)68-43)34(8)50(63)69-42(17-3)55(12)47(32(6)44(60)30(4)28-54(49,11)66-14)58(52(64)72-55)25-24-36-20-23-40(57)39(56)27-36/h15-16,20,23,27,30-35,37-38,41-43,45-49,51,61-62H,1-2,17-19,21-22,24-26,28-29H2,3-14H3. The minimum atomic E-state index is -1.51. The number of hydrogen-bond acceptors (Lipinski definition) is 14. The van der Waals surface area contributed by atoms with E-state index in [4.69, 9.17) is 49.5 Å². The summed E-state index contributed by atoms with van der Waals surface area (Å²) in [6.45, 7) is 26.2. The SMILES string of the molecule is C=CCC1CCC(CC=C)N1C1CC(C)OC(OC2C(C)C(OC3CC(C)(OC)C(O)C(C)O3)C(C)C(=O)OC(CC)C3(C)OC(=O)N(CCc4ccc(F)c(Cl)c4)C3C(C)C(=O)C(C)CC2(C)OC)C1O. The molecule has 5 fully saturated rings. The molecule has 17 heteroatoms. The van der Waals surface area contributed by atoms with E-state index in [1.807, 2.05) is 46.8 Å². The Bertz CT molecular complexity index is 2050. The number of amides is 1. The number of ether oxygens (including phenoxy) is 8. The van der Waals surface area contributed by atoms with Crippen LogP contribution >= 0.6 is 11.6 Å². The van der Waals surface area contributed by atoms with Crippen LogP contribution in [0.4, 0.5) is 9.18 Å². The molecular weight excluding hydrogens is 951 g/mol. The van der Waals surface area contributed by atoms with Gasteiger partial charge >= 0.3 is 12.1 Å². The Morgan fingerprint density at radius 2 is 1.54 bits per heavy atom. The third kappa shape index (κ3) is 11.8. The van der Waals surface area contributed by atoms with Gasteiger partial charge in [-0.2, -0.15) is 0 Å². The number of Topliss-reactive ketones (excluding diaryl/α,β-unsaturated/α-hetero) is 1. The highest BCUT2D eigenvalue weighted by Crippen LogP contribution is 2.46. The molecule has 20 atom stereocenters. The normalized spacial score (nSPS) is 42.6. The van der Waals surface area contributed by atoms with Crippen molar-refractivity contribution in [1.29, 1.82) is 0 Å². The number of halogens is 2. The van der Waals surface area contributed by atoms with Crippen molar-refractivity contribution in [2.75, 3.05) is 20.8 Å². The number of cyclic esters (lactones) is 1. The number of aliphatic hydroxyl groups excluding tert-OH is 2. The Labute approximate surface area is 432 Å². The molecule has 0 aliphatic carbocycles. The van der Waals surface area contributed by atoms with E-state index in [1.54, 1.807) is 47.8 Å². The topological polar surface area (TPSA) is 172 Å². The highest BCUT2D eigenvalue weighted by atomic mass is 35.5. The van der Waals surface area contributed by atoms with Crippen LogP contribution in [-0.4, -0.2) is 155 Å². The summed E-state index contributed by atoms with van der Waals surface area (Å²) in [6, 6.07) is 3.39. The van der Waals surface area contributed by atoms with E-state index in [-0.39, 0.29) is 67.3 Å². The maximum Gasteiger partial charge on any atom is 0.410 e. The van der Waals surface area contributed by atoms with E-state index < -0.39 is 114 Å². The molecule has 20 unspecified atom stereocenters. The number of aliphatic hydroxyl groups is 2. The molecule has 0 aromatic heterocycles. The van der Waals surface area contributed by atoms with Crippen LogP contribution in [0.2, 0.25) is 5.02 Å². The number of nitrogens with zero attached hydrogens (tertiary/aromatic N) is 2. The minimum Gasteiger partial charge on any atom is -0.458 e. The summed E-state index contributed by atoms with van der Waals surface area (Å²) in [5.41, 5.74) is -3.25. The molecule has 15 nitrogen and oxygen atoms in total. The quantitative estimate of drug-likeness (QED) is 0.127. The second kappa shape index (κ2) is 23.9. The molecule has 5 aliphatic heterocycles. The number of fused-ring (bicyclic) bond motifs is 1. The molecule has 5 heterocycles. The predicted molar refractivity (Wildman–Crippen MR) is 270 cm³/mol. The molecule has 0 saturated carbocycles. The lowest BCUT2D eigenvalue weighted by Gasteiger charge is -2.50. The summed E-state index contributed by atoms with van der Waals surface area (Å²) in [6.07, 6.45) is -0.742. The zero-order valence-electron chi connectivity index (χ0n) is 44.7. The Hall–Kier alpha value is -3.03. The van der Waals surface area contributed by atoms with Crippen molar-refractivity contribution in [1.82, 2.24) is 9.80 Å². The van der Waals surface area contributed by atoms with Crippen molar-refractivity contribution in [2.24, 2.45) is 23.7 Å². The highest BCUT2D eigenvalue weighted by molar-refractivity contribution is 6.30. The molecule has 5 saturated heterocycles. The van der Waals surface area contributed by atoms with Crippen LogP contribution in [0.15, 0.2) is 43.5 Å². The maximum absolute atomic E-state index is 15.2. The van der Waals surface area contributed by atoms with Gasteiger partial charge in [0.25, 0.3) is 0 Å². The summed E-state index contributed by atoms with van der Waals surface area (Å²) < 4.78 is 66.5. The number of rotatable bonds is 15. The number of hydrogen-bond donors (Lipinski definition) is 2. The fraction of sp³-hybridized carbons (Fsp3) is 0.764. The van der Waals surface area contributed by atoms with E-state index in [1.165, 1.54) is 24.1 Å². The molecule has 406 valence electrons. The van der Waals surface area contributed by atoms with Gasteiger partial charge in [0, 0.05) is 63.1 Å². The Morgan fingerprint density at radius 3 is 2.12 bits per heavy atom. The van der Waals surface area contributed by atoms with E-state index >= 15 is 9.59 Å². The van der Waals surface area contributed by atoms with Gasteiger partial charge in [0.2, 0.25) is 0 Å². The van der Waals surface area contributed by atoms with Gasteiger partial charge in [-0.1, -0.05) is 57.5 Å². The predicted octanol–water partition coefficient (Wildman–Crippen LogP) is 8.37. The molecule has 1 aromatic carbocycles. The third-order valence-electron chi connectivity index (χ3n) is 17.0. The molecule has 1 amide bonds. The lowest BCUT2D eigenvalue weighted by atomic mass is 9.73. The smallest absolute Gasteiger partial charge is 0.410 e. The van der Waals surface area contributed by atoms with Crippen LogP contribution < -0.4 is 0 Å². The Kier molecular flexibility index (Phi) is 19.3. The van der Waals surface area contributed by atoms with Crippen LogP contribution in [-0.2, 0) is 53.9 Å². The Balaban J connectivity index is 1.45. The van der Waals surface area contributed by atoms with E-state index in [0.29, 0.717) is 12.0 Å². The lowest BCUT2D eigenvalue weighted by molar-refractivity contribution is -0.320. The van der Waals surface area contributed by atoms with Gasteiger partial charge in [0.1, 0.15) is 29.9 Å². The first-order chi connectivity index (χ1) is 33.9. The molecule has 72 heavy (non-hydrogen) atoms. The van der Waals surface area contributed by atoms with E-state index in [0.717, 1.165) is 25.7 Å². The van der Waals surface area contributed by atoms with Crippen molar-refractivity contribution in [2.45, 2.75) is 223 Å². The Morgan fingerprint density at radius 1 is 0.903 bits per heavy atom. The summed E-state index contributed by atoms with van der Waals surface area (Å²) in [7, 11) is 3.06. The fourth-order valence-electron chi connectivity index (χ4n) is 13.0. The number of carbonyl (C=O) groups excluding carboxylic acids is 3. The van der Waals surface area contributed by atoms with Gasteiger partial charge in [0.15, 0.2) is 18.2 Å². The number of benzene rings is 1. The van der Waals surface area contributed by atoms with Gasteiger partial charge in [-0.25, -0.2) is 9.18 Å². The van der Waals surface area contributed by atoms with Crippen LogP contribution in [0.25, 0.3) is 0 Å². The van der Waals surface area contributed by atoms with Crippen LogP contribution in [0.5, 0.6) is 0 Å². The number of ketones is 1. The summed E-state index contributed by atoms with van der Waals surface area (Å²) in [5.74, 6) is -4.85. The van der Waals surface area contributed by atoms with Gasteiger partial charge in [-0.3, -0.25) is 19.4 Å². The summed E-state index contributed by atoms with van der Waals surface area (Å²) >= 11 is 6.15.